The summed E-state index contributed by atoms with van der Waals surface area (Å²) in [6.07, 6.45) is 3.29. The molecule has 0 heterocycles. The van der Waals surface area contributed by atoms with Crippen LogP contribution in [0.3, 0.4) is 0 Å². The topological polar surface area (TPSA) is 26.3 Å². The third-order valence-electron chi connectivity index (χ3n) is 2.60. The van der Waals surface area contributed by atoms with Gasteiger partial charge in [0.15, 0.2) is 0 Å². The monoisotopic (exact) mass is 242 g/mol. The predicted octanol–water partition coefficient (Wildman–Crippen LogP) is 3.44. The van der Waals surface area contributed by atoms with Crippen molar-refractivity contribution in [1.82, 2.24) is 0 Å². The third-order valence-corrected chi connectivity index (χ3v) is 2.84. The van der Waals surface area contributed by atoms with Gasteiger partial charge in [-0.15, -0.1) is 0 Å². The first-order valence-electron chi connectivity index (χ1n) is 5.29. The van der Waals surface area contributed by atoms with Gasteiger partial charge < -0.3 is 4.74 Å². The van der Waals surface area contributed by atoms with Gasteiger partial charge in [-0.25, -0.2) is 9.18 Å². The molecule has 0 aromatic heterocycles. The first kappa shape index (κ1) is 11.4. The van der Waals surface area contributed by atoms with Crippen molar-refractivity contribution in [3.8, 4) is 0 Å². The van der Waals surface area contributed by atoms with Gasteiger partial charge in [0.2, 0.25) is 0 Å². The van der Waals surface area contributed by atoms with Gasteiger partial charge in [-0.3, -0.25) is 0 Å². The molecule has 0 atom stereocenters. The lowest BCUT2D eigenvalue weighted by atomic mass is 10.2. The highest BCUT2D eigenvalue weighted by atomic mass is 35.5. The second-order valence-corrected chi connectivity index (χ2v) is 4.43. The molecule has 1 aliphatic rings. The second kappa shape index (κ2) is 4.83. The number of hydrogen-bond acceptors (Lipinski definition) is 2. The maximum absolute atomic E-state index is 13.3. The van der Waals surface area contributed by atoms with Crippen LogP contribution >= 0.6 is 11.6 Å². The summed E-state index contributed by atoms with van der Waals surface area (Å²) in [5.74, 6) is -0.543. The molecule has 1 saturated carbocycles. The molecule has 0 N–H and O–H groups in total. The van der Waals surface area contributed by atoms with E-state index >= 15 is 0 Å². The van der Waals surface area contributed by atoms with E-state index in [0.717, 1.165) is 6.42 Å². The second-order valence-electron chi connectivity index (χ2n) is 3.99. The van der Waals surface area contributed by atoms with E-state index < -0.39 is 11.8 Å². The molecule has 0 saturated heterocycles. The Morgan fingerprint density at radius 1 is 1.50 bits per heavy atom. The van der Waals surface area contributed by atoms with E-state index in [1.54, 1.807) is 0 Å². The van der Waals surface area contributed by atoms with Gasteiger partial charge in [0.25, 0.3) is 0 Å². The molecule has 0 spiro atoms. The van der Waals surface area contributed by atoms with E-state index in [1.807, 2.05) is 0 Å². The zero-order valence-electron chi connectivity index (χ0n) is 8.71. The van der Waals surface area contributed by atoms with E-state index in [4.69, 9.17) is 16.3 Å². The van der Waals surface area contributed by atoms with Crippen LogP contribution in [0.15, 0.2) is 18.2 Å². The first-order valence-corrected chi connectivity index (χ1v) is 5.67. The summed E-state index contributed by atoms with van der Waals surface area (Å²) < 4.78 is 18.2. The van der Waals surface area contributed by atoms with Crippen molar-refractivity contribution >= 4 is 17.6 Å². The van der Waals surface area contributed by atoms with Crippen LogP contribution in [0.1, 0.15) is 29.6 Å². The Kier molecular flexibility index (Phi) is 3.44. The van der Waals surface area contributed by atoms with E-state index in [-0.39, 0.29) is 5.56 Å². The van der Waals surface area contributed by atoms with Crippen LogP contribution in [0.5, 0.6) is 0 Å². The maximum atomic E-state index is 13.3. The van der Waals surface area contributed by atoms with E-state index in [0.29, 0.717) is 17.5 Å². The van der Waals surface area contributed by atoms with Gasteiger partial charge in [-0.1, -0.05) is 24.4 Å². The summed E-state index contributed by atoms with van der Waals surface area (Å²) in [4.78, 5) is 11.5. The number of hydrogen-bond donors (Lipinski definition) is 0. The highest BCUT2D eigenvalue weighted by Gasteiger charge is 2.22. The van der Waals surface area contributed by atoms with Crippen molar-refractivity contribution in [2.24, 2.45) is 5.92 Å². The SMILES string of the molecule is O=C(OCCC1CC1)c1cc(Cl)ccc1F. The zero-order chi connectivity index (χ0) is 11.5. The summed E-state index contributed by atoms with van der Waals surface area (Å²) in [7, 11) is 0. The number of carbonyl (C=O) groups excluding carboxylic acids is 1. The van der Waals surface area contributed by atoms with Crippen molar-refractivity contribution in [3.63, 3.8) is 0 Å². The molecule has 1 fully saturated rings. The van der Waals surface area contributed by atoms with Crippen LogP contribution < -0.4 is 0 Å². The van der Waals surface area contributed by atoms with Gasteiger partial charge in [0.1, 0.15) is 5.82 Å². The van der Waals surface area contributed by atoms with Gasteiger partial charge in [-0.2, -0.15) is 0 Å². The van der Waals surface area contributed by atoms with Crippen LogP contribution in [0.4, 0.5) is 4.39 Å². The molecule has 1 aromatic carbocycles. The third kappa shape index (κ3) is 2.95. The van der Waals surface area contributed by atoms with Crippen LogP contribution in [0, 0.1) is 11.7 Å². The Labute approximate surface area is 98.4 Å². The minimum atomic E-state index is -0.638. The van der Waals surface area contributed by atoms with Crippen LogP contribution in [-0.2, 0) is 4.74 Å². The number of halogens is 2. The molecule has 0 amide bonds. The minimum Gasteiger partial charge on any atom is -0.462 e. The fourth-order valence-corrected chi connectivity index (χ4v) is 1.63. The van der Waals surface area contributed by atoms with Gasteiger partial charge in [-0.05, 0) is 30.5 Å². The molecular formula is C12H12ClFO2. The fraction of sp³-hybridized carbons (Fsp3) is 0.417. The zero-order valence-corrected chi connectivity index (χ0v) is 9.47. The highest BCUT2D eigenvalue weighted by Crippen LogP contribution is 2.32. The molecule has 16 heavy (non-hydrogen) atoms. The Bertz CT molecular complexity index is 402. The average molecular weight is 243 g/mol. The van der Waals surface area contributed by atoms with Crippen molar-refractivity contribution in [2.75, 3.05) is 6.61 Å². The number of esters is 1. The van der Waals surface area contributed by atoms with Crippen LogP contribution in [0.25, 0.3) is 0 Å². The highest BCUT2D eigenvalue weighted by molar-refractivity contribution is 6.30. The van der Waals surface area contributed by atoms with E-state index in [1.165, 1.54) is 31.0 Å². The number of rotatable bonds is 4. The first-order chi connectivity index (χ1) is 7.66. The summed E-state index contributed by atoms with van der Waals surface area (Å²) in [5, 5.41) is 0.329. The van der Waals surface area contributed by atoms with Crippen molar-refractivity contribution < 1.29 is 13.9 Å². The fourth-order valence-electron chi connectivity index (χ4n) is 1.46. The molecule has 0 bridgehead atoms. The van der Waals surface area contributed by atoms with Crippen molar-refractivity contribution in [2.45, 2.75) is 19.3 Å². The Morgan fingerprint density at radius 3 is 2.94 bits per heavy atom. The number of ether oxygens (including phenoxy) is 1. The summed E-state index contributed by atoms with van der Waals surface area (Å²) >= 11 is 5.68. The van der Waals surface area contributed by atoms with Crippen LogP contribution in [-0.4, -0.2) is 12.6 Å². The molecule has 0 radical (unpaired) electrons. The molecule has 1 aromatic rings. The summed E-state index contributed by atoms with van der Waals surface area (Å²) in [6, 6.07) is 3.86. The normalized spacial score (nSPS) is 14.9. The van der Waals surface area contributed by atoms with Crippen molar-refractivity contribution in [1.29, 1.82) is 0 Å². The lowest BCUT2D eigenvalue weighted by Gasteiger charge is -2.05. The molecule has 2 nitrogen and oxygen atoms in total. The van der Waals surface area contributed by atoms with Gasteiger partial charge >= 0.3 is 5.97 Å². The Balaban J connectivity index is 1.93. The summed E-state index contributed by atoms with van der Waals surface area (Å²) in [6.45, 7) is 0.357. The molecule has 4 heteroatoms. The number of carbonyl (C=O) groups is 1. The molecule has 0 unspecified atom stereocenters. The van der Waals surface area contributed by atoms with Gasteiger partial charge in [0, 0.05) is 5.02 Å². The van der Waals surface area contributed by atoms with Gasteiger partial charge in [0.05, 0.1) is 12.2 Å². The molecular weight excluding hydrogens is 231 g/mol. The summed E-state index contributed by atoms with van der Waals surface area (Å²) in [5.41, 5.74) is -0.0942. The molecule has 86 valence electrons. The smallest absolute Gasteiger partial charge is 0.341 e. The predicted molar refractivity (Wildman–Crippen MR) is 59.0 cm³/mol. The number of benzene rings is 1. The van der Waals surface area contributed by atoms with E-state index in [9.17, 15) is 9.18 Å². The maximum Gasteiger partial charge on any atom is 0.341 e. The van der Waals surface area contributed by atoms with E-state index in [2.05, 4.69) is 0 Å². The average Bonchev–Trinajstić information content (AvgIpc) is 3.05. The molecule has 1 aliphatic carbocycles. The largest absolute Gasteiger partial charge is 0.462 e. The lowest BCUT2D eigenvalue weighted by Crippen LogP contribution is -2.09. The Morgan fingerprint density at radius 2 is 2.25 bits per heavy atom. The lowest BCUT2D eigenvalue weighted by molar-refractivity contribution is 0.0489. The molecule has 2 rings (SSSR count). The quantitative estimate of drug-likeness (QED) is 0.756. The van der Waals surface area contributed by atoms with Crippen molar-refractivity contribution in [3.05, 3.63) is 34.6 Å². The Hall–Kier alpha value is -1.09. The molecule has 0 aliphatic heterocycles. The van der Waals surface area contributed by atoms with Crippen LogP contribution in [0.2, 0.25) is 5.02 Å². The standard InChI is InChI=1S/C12H12ClFO2/c13-9-3-4-11(14)10(7-9)12(15)16-6-5-8-1-2-8/h3-4,7-8H,1-2,5-6H2. The minimum absolute atomic E-state index is 0.0942.